The SMILES string of the molecule is CCOC(=O)Cc1sc(Br)cc1-c1ccc(Cl)s1. The quantitative estimate of drug-likeness (QED) is 0.713. The first kappa shape index (κ1) is 14.1. The molecular formula is C12H10BrClO2S2. The summed E-state index contributed by atoms with van der Waals surface area (Å²) in [6, 6.07) is 5.85. The first-order chi connectivity index (χ1) is 8.60. The van der Waals surface area contributed by atoms with Crippen LogP contribution in [0, 0.1) is 0 Å². The molecule has 0 unspecified atom stereocenters. The van der Waals surface area contributed by atoms with Crippen LogP contribution in [0.25, 0.3) is 10.4 Å². The molecule has 96 valence electrons. The van der Waals surface area contributed by atoms with Crippen LogP contribution in [0.3, 0.4) is 0 Å². The molecule has 0 radical (unpaired) electrons. The van der Waals surface area contributed by atoms with Gasteiger partial charge in [0, 0.05) is 15.3 Å². The number of hydrogen-bond donors (Lipinski definition) is 0. The van der Waals surface area contributed by atoms with Crippen LogP contribution in [0.2, 0.25) is 4.34 Å². The van der Waals surface area contributed by atoms with Gasteiger partial charge in [-0.1, -0.05) is 11.6 Å². The topological polar surface area (TPSA) is 26.3 Å². The number of carbonyl (C=O) groups excluding carboxylic acids is 1. The molecule has 2 nitrogen and oxygen atoms in total. The molecule has 0 fully saturated rings. The predicted octanol–water partition coefficient (Wildman–Crippen LogP) is 5.00. The first-order valence-electron chi connectivity index (χ1n) is 5.29. The van der Waals surface area contributed by atoms with Gasteiger partial charge < -0.3 is 4.74 Å². The maximum absolute atomic E-state index is 11.6. The molecule has 0 saturated heterocycles. The molecule has 2 heterocycles. The van der Waals surface area contributed by atoms with E-state index in [2.05, 4.69) is 15.9 Å². The second kappa shape index (κ2) is 6.19. The van der Waals surface area contributed by atoms with Crippen molar-refractivity contribution in [1.29, 1.82) is 0 Å². The third-order valence-corrected chi connectivity index (χ3v) is 5.13. The van der Waals surface area contributed by atoms with Gasteiger partial charge in [0.15, 0.2) is 0 Å². The van der Waals surface area contributed by atoms with E-state index in [9.17, 15) is 4.79 Å². The molecule has 2 rings (SSSR count). The van der Waals surface area contributed by atoms with Crippen LogP contribution in [0.15, 0.2) is 22.0 Å². The summed E-state index contributed by atoms with van der Waals surface area (Å²) in [5.41, 5.74) is 1.05. The van der Waals surface area contributed by atoms with E-state index >= 15 is 0 Å². The van der Waals surface area contributed by atoms with E-state index < -0.39 is 0 Å². The van der Waals surface area contributed by atoms with E-state index in [4.69, 9.17) is 16.3 Å². The Kier molecular flexibility index (Phi) is 4.84. The Bertz CT molecular complexity index is 562. The van der Waals surface area contributed by atoms with Crippen molar-refractivity contribution in [3.8, 4) is 10.4 Å². The Morgan fingerprint density at radius 2 is 2.22 bits per heavy atom. The third kappa shape index (κ3) is 3.35. The summed E-state index contributed by atoms with van der Waals surface area (Å²) in [4.78, 5) is 13.6. The van der Waals surface area contributed by atoms with Gasteiger partial charge in [0.1, 0.15) is 0 Å². The van der Waals surface area contributed by atoms with Gasteiger partial charge in [-0.15, -0.1) is 22.7 Å². The molecule has 2 aromatic heterocycles. The zero-order chi connectivity index (χ0) is 13.1. The molecule has 0 amide bonds. The second-order valence-corrected chi connectivity index (χ2v) is 7.70. The number of esters is 1. The zero-order valence-corrected chi connectivity index (χ0v) is 13.5. The maximum Gasteiger partial charge on any atom is 0.311 e. The summed E-state index contributed by atoms with van der Waals surface area (Å²) in [5, 5.41) is 0. The number of halogens is 2. The molecule has 0 N–H and O–H groups in total. The number of thiophene rings is 2. The molecular weight excluding hydrogens is 356 g/mol. The van der Waals surface area contributed by atoms with Crippen molar-refractivity contribution in [3.63, 3.8) is 0 Å². The lowest BCUT2D eigenvalue weighted by molar-refractivity contribution is -0.142. The summed E-state index contributed by atoms with van der Waals surface area (Å²) in [6.45, 7) is 2.22. The van der Waals surface area contributed by atoms with Crippen LogP contribution < -0.4 is 0 Å². The van der Waals surface area contributed by atoms with Crippen molar-refractivity contribution < 1.29 is 9.53 Å². The predicted molar refractivity (Wildman–Crippen MR) is 80.7 cm³/mol. The normalized spacial score (nSPS) is 10.6. The van der Waals surface area contributed by atoms with Gasteiger partial charge in [0.25, 0.3) is 0 Å². The average Bonchev–Trinajstić information content (AvgIpc) is 2.85. The average molecular weight is 366 g/mol. The van der Waals surface area contributed by atoms with Gasteiger partial charge in [-0.25, -0.2) is 0 Å². The Hall–Kier alpha value is -0.360. The molecule has 0 aromatic carbocycles. The number of rotatable bonds is 4. The first-order valence-corrected chi connectivity index (χ1v) is 8.10. The van der Waals surface area contributed by atoms with Crippen molar-refractivity contribution in [3.05, 3.63) is 31.2 Å². The van der Waals surface area contributed by atoms with Crippen LogP contribution >= 0.6 is 50.2 Å². The van der Waals surface area contributed by atoms with Crippen LogP contribution in [0.4, 0.5) is 0 Å². The fraction of sp³-hybridized carbons (Fsp3) is 0.250. The number of ether oxygens (including phenoxy) is 1. The molecule has 2 aromatic rings. The minimum absolute atomic E-state index is 0.198. The molecule has 0 atom stereocenters. The highest BCUT2D eigenvalue weighted by atomic mass is 79.9. The van der Waals surface area contributed by atoms with Crippen LogP contribution in [-0.2, 0) is 16.0 Å². The summed E-state index contributed by atoms with van der Waals surface area (Å²) >= 11 is 12.5. The third-order valence-electron chi connectivity index (χ3n) is 2.23. The van der Waals surface area contributed by atoms with Gasteiger partial charge in [-0.05, 0) is 41.1 Å². The lowest BCUT2D eigenvalue weighted by Gasteiger charge is -2.02. The lowest BCUT2D eigenvalue weighted by atomic mass is 10.2. The van der Waals surface area contributed by atoms with Gasteiger partial charge in [0.05, 0.1) is 21.2 Å². The van der Waals surface area contributed by atoms with Crippen molar-refractivity contribution in [2.24, 2.45) is 0 Å². The molecule has 0 aliphatic carbocycles. The Morgan fingerprint density at radius 1 is 1.44 bits per heavy atom. The highest BCUT2D eigenvalue weighted by Crippen LogP contribution is 2.39. The largest absolute Gasteiger partial charge is 0.466 e. The van der Waals surface area contributed by atoms with Gasteiger partial charge in [-0.2, -0.15) is 0 Å². The molecule has 0 aliphatic heterocycles. The molecule has 0 saturated carbocycles. The monoisotopic (exact) mass is 364 g/mol. The van der Waals surface area contributed by atoms with Crippen molar-refractivity contribution in [2.45, 2.75) is 13.3 Å². The van der Waals surface area contributed by atoms with E-state index in [0.29, 0.717) is 13.0 Å². The Balaban J connectivity index is 2.28. The Morgan fingerprint density at radius 3 is 2.83 bits per heavy atom. The van der Waals surface area contributed by atoms with E-state index in [1.807, 2.05) is 25.1 Å². The van der Waals surface area contributed by atoms with E-state index in [1.165, 1.54) is 11.3 Å². The van der Waals surface area contributed by atoms with E-state index in [-0.39, 0.29) is 5.97 Å². The fourth-order valence-corrected chi connectivity index (χ4v) is 4.39. The summed E-state index contributed by atoms with van der Waals surface area (Å²) < 4.78 is 6.73. The van der Waals surface area contributed by atoms with Gasteiger partial charge in [0.2, 0.25) is 0 Å². The standard InChI is InChI=1S/C12H10BrClO2S2/c1-2-16-12(15)6-9-7(5-10(13)17-9)8-3-4-11(14)18-8/h3-5H,2,6H2,1H3. The molecule has 0 spiro atoms. The summed E-state index contributed by atoms with van der Waals surface area (Å²) in [5.74, 6) is -0.198. The fourth-order valence-electron chi connectivity index (χ4n) is 1.54. The van der Waals surface area contributed by atoms with Crippen molar-refractivity contribution >= 4 is 56.2 Å². The summed E-state index contributed by atoms with van der Waals surface area (Å²) in [6.07, 6.45) is 0.301. The Labute approximate surface area is 127 Å². The number of hydrogen-bond acceptors (Lipinski definition) is 4. The van der Waals surface area contributed by atoms with Crippen LogP contribution in [-0.4, -0.2) is 12.6 Å². The van der Waals surface area contributed by atoms with Crippen LogP contribution in [0.5, 0.6) is 0 Å². The van der Waals surface area contributed by atoms with Gasteiger partial charge in [-0.3, -0.25) is 4.79 Å². The minimum Gasteiger partial charge on any atom is -0.466 e. The molecule has 0 bridgehead atoms. The minimum atomic E-state index is -0.198. The van der Waals surface area contributed by atoms with E-state index in [0.717, 1.165) is 23.4 Å². The summed E-state index contributed by atoms with van der Waals surface area (Å²) in [7, 11) is 0. The van der Waals surface area contributed by atoms with Crippen molar-refractivity contribution in [1.82, 2.24) is 0 Å². The van der Waals surface area contributed by atoms with Gasteiger partial charge >= 0.3 is 5.97 Å². The zero-order valence-electron chi connectivity index (χ0n) is 9.54. The number of carbonyl (C=O) groups is 1. The lowest BCUT2D eigenvalue weighted by Crippen LogP contribution is -2.06. The van der Waals surface area contributed by atoms with Crippen molar-refractivity contribution in [2.75, 3.05) is 6.61 Å². The van der Waals surface area contributed by atoms with Crippen LogP contribution in [0.1, 0.15) is 11.8 Å². The molecule has 0 aliphatic rings. The highest BCUT2D eigenvalue weighted by Gasteiger charge is 2.15. The molecule has 6 heteroatoms. The maximum atomic E-state index is 11.6. The smallest absolute Gasteiger partial charge is 0.311 e. The highest BCUT2D eigenvalue weighted by molar-refractivity contribution is 9.11. The van der Waals surface area contributed by atoms with E-state index in [1.54, 1.807) is 11.3 Å². The molecule has 18 heavy (non-hydrogen) atoms. The second-order valence-electron chi connectivity index (χ2n) is 3.47.